The summed E-state index contributed by atoms with van der Waals surface area (Å²) in [4.78, 5) is 13.4. The molecule has 4 nitrogen and oxygen atoms in total. The van der Waals surface area contributed by atoms with E-state index in [4.69, 9.17) is 4.74 Å². The Morgan fingerprint density at radius 1 is 1.29 bits per heavy atom. The lowest BCUT2D eigenvalue weighted by Crippen LogP contribution is -2.35. The molecule has 0 saturated heterocycles. The third-order valence-corrected chi connectivity index (χ3v) is 2.44. The fourth-order valence-electron chi connectivity index (χ4n) is 1.43. The second-order valence-electron chi connectivity index (χ2n) is 3.66. The van der Waals surface area contributed by atoms with Crippen LogP contribution >= 0.6 is 0 Å². The number of ether oxygens (including phenoxy) is 1. The molecule has 0 spiro atoms. The summed E-state index contributed by atoms with van der Waals surface area (Å²) in [6, 6.07) is 7.51. The Morgan fingerprint density at radius 3 is 2.47 bits per heavy atom. The van der Waals surface area contributed by atoms with Crippen LogP contribution in [0.2, 0.25) is 0 Å². The zero-order chi connectivity index (χ0) is 12.7. The summed E-state index contributed by atoms with van der Waals surface area (Å²) in [5, 5.41) is 3.01. The Bertz CT molecular complexity index is 349. The Balaban J connectivity index is 2.62. The summed E-state index contributed by atoms with van der Waals surface area (Å²) in [5.74, 6) is 0.875. The molecule has 0 aliphatic carbocycles. The van der Waals surface area contributed by atoms with Gasteiger partial charge in [-0.2, -0.15) is 0 Å². The van der Waals surface area contributed by atoms with Gasteiger partial charge in [0, 0.05) is 12.7 Å². The minimum atomic E-state index is 0.0519. The van der Waals surface area contributed by atoms with Crippen LogP contribution in [0.3, 0.4) is 0 Å². The summed E-state index contributed by atoms with van der Waals surface area (Å²) in [7, 11) is 1.77. The molecule has 0 aromatic heterocycles. The van der Waals surface area contributed by atoms with E-state index in [-0.39, 0.29) is 5.91 Å². The molecule has 0 saturated carbocycles. The lowest BCUT2D eigenvalue weighted by atomic mass is 10.3. The molecule has 0 unspecified atom stereocenters. The average molecular weight is 236 g/mol. The van der Waals surface area contributed by atoms with E-state index in [2.05, 4.69) is 5.32 Å². The first-order chi connectivity index (χ1) is 8.19. The van der Waals surface area contributed by atoms with E-state index in [1.54, 1.807) is 11.9 Å². The topological polar surface area (TPSA) is 41.6 Å². The summed E-state index contributed by atoms with van der Waals surface area (Å²) in [5.41, 5.74) is 0.872. The molecular formula is C13H20N2O2. The van der Waals surface area contributed by atoms with Crippen LogP contribution in [-0.4, -0.2) is 32.7 Å². The highest BCUT2D eigenvalue weighted by atomic mass is 16.5. The largest absolute Gasteiger partial charge is 0.494 e. The molecule has 0 heterocycles. The van der Waals surface area contributed by atoms with Crippen molar-refractivity contribution in [2.45, 2.75) is 13.8 Å². The van der Waals surface area contributed by atoms with E-state index >= 15 is 0 Å². The smallest absolute Gasteiger partial charge is 0.240 e. The Morgan fingerprint density at radius 2 is 1.94 bits per heavy atom. The minimum Gasteiger partial charge on any atom is -0.494 e. The summed E-state index contributed by atoms with van der Waals surface area (Å²) >= 11 is 0. The summed E-state index contributed by atoms with van der Waals surface area (Å²) in [6.45, 7) is 5.72. The highest BCUT2D eigenvalue weighted by molar-refractivity contribution is 5.94. The monoisotopic (exact) mass is 236 g/mol. The zero-order valence-corrected chi connectivity index (χ0v) is 10.7. The van der Waals surface area contributed by atoms with Crippen LogP contribution in [0, 0.1) is 0 Å². The van der Waals surface area contributed by atoms with Gasteiger partial charge in [0.05, 0.1) is 13.2 Å². The van der Waals surface area contributed by atoms with Gasteiger partial charge in [-0.3, -0.25) is 4.79 Å². The molecule has 94 valence electrons. The minimum absolute atomic E-state index is 0.0519. The fourth-order valence-corrected chi connectivity index (χ4v) is 1.43. The molecule has 1 rings (SSSR count). The second-order valence-corrected chi connectivity index (χ2v) is 3.66. The van der Waals surface area contributed by atoms with E-state index in [1.165, 1.54) is 0 Å². The first kappa shape index (κ1) is 13.5. The van der Waals surface area contributed by atoms with E-state index in [9.17, 15) is 4.79 Å². The van der Waals surface area contributed by atoms with Gasteiger partial charge in [-0.05, 0) is 37.7 Å². The number of benzene rings is 1. The van der Waals surface area contributed by atoms with Crippen molar-refractivity contribution >= 4 is 11.6 Å². The van der Waals surface area contributed by atoms with Crippen LogP contribution in [-0.2, 0) is 4.79 Å². The summed E-state index contributed by atoms with van der Waals surface area (Å²) < 4.78 is 5.35. The van der Waals surface area contributed by atoms with Crippen LogP contribution in [0.5, 0.6) is 5.75 Å². The Hall–Kier alpha value is -1.55. The van der Waals surface area contributed by atoms with E-state index in [0.717, 1.165) is 18.0 Å². The van der Waals surface area contributed by atoms with Gasteiger partial charge < -0.3 is 15.0 Å². The molecule has 0 aliphatic rings. The molecule has 1 N–H and O–H groups in total. The van der Waals surface area contributed by atoms with Crippen molar-refractivity contribution in [2.75, 3.05) is 31.6 Å². The van der Waals surface area contributed by atoms with Gasteiger partial charge in [0.1, 0.15) is 5.75 Å². The average Bonchev–Trinajstić information content (AvgIpc) is 2.36. The number of amides is 1. The van der Waals surface area contributed by atoms with Crippen LogP contribution < -0.4 is 15.0 Å². The SMILES string of the molecule is CCNCC(=O)N(C)c1ccc(OCC)cc1. The first-order valence-corrected chi connectivity index (χ1v) is 5.89. The van der Waals surface area contributed by atoms with Gasteiger partial charge in [0.2, 0.25) is 5.91 Å². The molecule has 0 fully saturated rings. The fraction of sp³-hybridized carbons (Fsp3) is 0.462. The van der Waals surface area contributed by atoms with Gasteiger partial charge in [-0.15, -0.1) is 0 Å². The third-order valence-electron chi connectivity index (χ3n) is 2.44. The van der Waals surface area contributed by atoms with Gasteiger partial charge in [0.25, 0.3) is 0 Å². The second kappa shape index (κ2) is 6.91. The van der Waals surface area contributed by atoms with Crippen molar-refractivity contribution in [2.24, 2.45) is 0 Å². The number of anilines is 1. The molecule has 17 heavy (non-hydrogen) atoms. The number of nitrogens with zero attached hydrogens (tertiary/aromatic N) is 1. The highest BCUT2D eigenvalue weighted by Gasteiger charge is 2.09. The molecule has 4 heteroatoms. The molecular weight excluding hydrogens is 216 g/mol. The molecule has 0 radical (unpaired) electrons. The Kier molecular flexibility index (Phi) is 5.49. The van der Waals surface area contributed by atoms with E-state index < -0.39 is 0 Å². The predicted octanol–water partition coefficient (Wildman–Crippen LogP) is 1.66. The van der Waals surface area contributed by atoms with Gasteiger partial charge >= 0.3 is 0 Å². The number of hydrogen-bond acceptors (Lipinski definition) is 3. The van der Waals surface area contributed by atoms with Crippen LogP contribution in [0.15, 0.2) is 24.3 Å². The van der Waals surface area contributed by atoms with E-state index in [0.29, 0.717) is 13.2 Å². The molecule has 1 amide bonds. The normalized spacial score (nSPS) is 10.1. The predicted molar refractivity (Wildman–Crippen MR) is 69.6 cm³/mol. The molecule has 1 aromatic carbocycles. The van der Waals surface area contributed by atoms with Crippen molar-refractivity contribution < 1.29 is 9.53 Å². The van der Waals surface area contributed by atoms with Crippen molar-refractivity contribution in [3.05, 3.63) is 24.3 Å². The number of carbonyl (C=O) groups is 1. The zero-order valence-electron chi connectivity index (χ0n) is 10.7. The number of nitrogens with one attached hydrogen (secondary N) is 1. The lowest BCUT2D eigenvalue weighted by molar-refractivity contribution is -0.117. The Labute approximate surface area is 103 Å². The molecule has 0 bridgehead atoms. The van der Waals surface area contributed by atoms with Crippen molar-refractivity contribution in [1.82, 2.24) is 5.32 Å². The number of carbonyl (C=O) groups excluding carboxylic acids is 1. The van der Waals surface area contributed by atoms with Crippen molar-refractivity contribution in [3.8, 4) is 5.75 Å². The maximum atomic E-state index is 11.7. The van der Waals surface area contributed by atoms with Gasteiger partial charge in [-0.1, -0.05) is 6.92 Å². The van der Waals surface area contributed by atoms with Crippen molar-refractivity contribution in [3.63, 3.8) is 0 Å². The first-order valence-electron chi connectivity index (χ1n) is 5.89. The molecule has 0 aliphatic heterocycles. The highest BCUT2D eigenvalue weighted by Crippen LogP contribution is 2.18. The van der Waals surface area contributed by atoms with Crippen LogP contribution in [0.1, 0.15) is 13.8 Å². The number of likely N-dealkylation sites (N-methyl/N-ethyl adjacent to an activating group) is 2. The molecule has 1 aromatic rings. The summed E-state index contributed by atoms with van der Waals surface area (Å²) in [6.07, 6.45) is 0. The number of hydrogen-bond donors (Lipinski definition) is 1. The standard InChI is InChI=1S/C13H20N2O2/c1-4-14-10-13(16)15(3)11-6-8-12(9-7-11)17-5-2/h6-9,14H,4-5,10H2,1-3H3. The number of rotatable bonds is 6. The van der Waals surface area contributed by atoms with Gasteiger partial charge in [-0.25, -0.2) is 0 Å². The van der Waals surface area contributed by atoms with E-state index in [1.807, 2.05) is 38.1 Å². The maximum Gasteiger partial charge on any atom is 0.240 e. The molecule has 0 atom stereocenters. The van der Waals surface area contributed by atoms with Crippen molar-refractivity contribution in [1.29, 1.82) is 0 Å². The van der Waals surface area contributed by atoms with Crippen LogP contribution in [0.25, 0.3) is 0 Å². The van der Waals surface area contributed by atoms with Crippen LogP contribution in [0.4, 0.5) is 5.69 Å². The third kappa shape index (κ3) is 4.07. The van der Waals surface area contributed by atoms with Gasteiger partial charge in [0.15, 0.2) is 0 Å². The quantitative estimate of drug-likeness (QED) is 0.816. The lowest BCUT2D eigenvalue weighted by Gasteiger charge is -2.17. The maximum absolute atomic E-state index is 11.7.